The van der Waals surface area contributed by atoms with E-state index in [2.05, 4.69) is 31.1 Å². The van der Waals surface area contributed by atoms with Gasteiger partial charge in [0, 0.05) is 22.6 Å². The molecule has 0 aromatic carbocycles. The zero-order chi connectivity index (χ0) is 13.2. The number of hydrogen-bond donors (Lipinski definition) is 1. The van der Waals surface area contributed by atoms with Gasteiger partial charge in [-0.3, -0.25) is 4.98 Å². The van der Waals surface area contributed by atoms with Crippen molar-refractivity contribution in [3.05, 3.63) is 39.8 Å². The van der Waals surface area contributed by atoms with E-state index >= 15 is 0 Å². The van der Waals surface area contributed by atoms with Crippen LogP contribution in [0.3, 0.4) is 0 Å². The maximum atomic E-state index is 5.53. The Hall–Kier alpha value is -1.57. The summed E-state index contributed by atoms with van der Waals surface area (Å²) in [5, 5.41) is 5.93. The molecular weight excluding hydrogens is 328 g/mol. The molecular formula is C12H9BrN4OS. The van der Waals surface area contributed by atoms with Gasteiger partial charge in [-0.2, -0.15) is 4.98 Å². The lowest BCUT2D eigenvalue weighted by molar-refractivity contribution is 0.431. The molecule has 0 radical (unpaired) electrons. The molecule has 3 heterocycles. The van der Waals surface area contributed by atoms with Crippen LogP contribution >= 0.6 is 27.3 Å². The Bertz CT molecular complexity index is 692. The number of nitrogens with two attached hydrogens (primary N) is 1. The van der Waals surface area contributed by atoms with Crippen molar-refractivity contribution in [1.29, 1.82) is 0 Å². The van der Waals surface area contributed by atoms with Gasteiger partial charge in [0.2, 0.25) is 5.82 Å². The number of pyridine rings is 1. The molecule has 0 saturated heterocycles. The molecule has 0 amide bonds. The van der Waals surface area contributed by atoms with E-state index in [1.165, 1.54) is 0 Å². The number of aromatic nitrogens is 3. The van der Waals surface area contributed by atoms with Gasteiger partial charge >= 0.3 is 0 Å². The summed E-state index contributed by atoms with van der Waals surface area (Å²) in [4.78, 5) is 9.53. The van der Waals surface area contributed by atoms with Crippen LogP contribution in [0.25, 0.3) is 22.3 Å². The zero-order valence-corrected chi connectivity index (χ0v) is 12.1. The number of rotatable bonds is 3. The minimum Gasteiger partial charge on any atom is -0.332 e. The molecule has 0 bridgehead atoms. The summed E-state index contributed by atoms with van der Waals surface area (Å²) >= 11 is 4.95. The smallest absolute Gasteiger partial charge is 0.276 e. The Kier molecular flexibility index (Phi) is 3.41. The molecule has 19 heavy (non-hydrogen) atoms. The summed E-state index contributed by atoms with van der Waals surface area (Å²) in [5.74, 6) is 0.971. The molecule has 5 nitrogen and oxygen atoms in total. The van der Waals surface area contributed by atoms with Crippen LogP contribution < -0.4 is 5.73 Å². The lowest BCUT2D eigenvalue weighted by Gasteiger charge is -1.96. The van der Waals surface area contributed by atoms with Crippen molar-refractivity contribution >= 4 is 27.3 Å². The number of thiophene rings is 1. The molecule has 7 heteroatoms. The topological polar surface area (TPSA) is 77.8 Å². The normalized spacial score (nSPS) is 10.8. The highest BCUT2D eigenvalue weighted by Gasteiger charge is 2.12. The van der Waals surface area contributed by atoms with Crippen LogP contribution in [0.5, 0.6) is 0 Å². The maximum absolute atomic E-state index is 5.53. The van der Waals surface area contributed by atoms with Gasteiger partial charge in [0.05, 0.1) is 4.88 Å². The quantitative estimate of drug-likeness (QED) is 0.795. The predicted octanol–water partition coefficient (Wildman–Crippen LogP) is 3.08. The van der Waals surface area contributed by atoms with Crippen LogP contribution in [0.2, 0.25) is 0 Å². The van der Waals surface area contributed by atoms with Crippen LogP contribution in [-0.2, 0) is 6.54 Å². The number of nitrogens with zero attached hydrogens (tertiary/aromatic N) is 3. The predicted molar refractivity (Wildman–Crippen MR) is 76.4 cm³/mol. The van der Waals surface area contributed by atoms with Crippen molar-refractivity contribution in [2.75, 3.05) is 0 Å². The minimum atomic E-state index is 0.406. The molecule has 3 aromatic rings. The van der Waals surface area contributed by atoms with Gasteiger partial charge in [-0.15, -0.1) is 11.3 Å². The van der Waals surface area contributed by atoms with E-state index in [1.807, 2.05) is 23.6 Å². The molecule has 96 valence electrons. The minimum absolute atomic E-state index is 0.406. The van der Waals surface area contributed by atoms with Crippen molar-refractivity contribution in [3.63, 3.8) is 0 Å². The van der Waals surface area contributed by atoms with Crippen LogP contribution in [0.1, 0.15) is 5.56 Å². The third-order valence-electron chi connectivity index (χ3n) is 2.49. The molecule has 0 aliphatic heterocycles. The first-order chi connectivity index (χ1) is 9.26. The lowest BCUT2D eigenvalue weighted by atomic mass is 10.2. The second-order valence-electron chi connectivity index (χ2n) is 3.81. The highest BCUT2D eigenvalue weighted by molar-refractivity contribution is 9.10. The van der Waals surface area contributed by atoms with Gasteiger partial charge in [0.25, 0.3) is 5.89 Å². The Morgan fingerprint density at radius 3 is 2.89 bits per heavy atom. The fourth-order valence-corrected chi connectivity index (χ4v) is 2.88. The van der Waals surface area contributed by atoms with E-state index in [4.69, 9.17) is 10.3 Å². The van der Waals surface area contributed by atoms with Gasteiger partial charge in [-0.1, -0.05) is 11.2 Å². The Morgan fingerprint density at radius 1 is 1.37 bits per heavy atom. The van der Waals surface area contributed by atoms with E-state index in [-0.39, 0.29) is 0 Å². The summed E-state index contributed by atoms with van der Waals surface area (Å²) in [6.07, 6.45) is 1.71. The van der Waals surface area contributed by atoms with Crippen LogP contribution in [0, 0.1) is 0 Å². The van der Waals surface area contributed by atoms with E-state index in [0.717, 1.165) is 14.9 Å². The van der Waals surface area contributed by atoms with E-state index in [0.29, 0.717) is 24.0 Å². The fourth-order valence-electron chi connectivity index (χ4n) is 1.53. The van der Waals surface area contributed by atoms with Gasteiger partial charge in [0.15, 0.2) is 0 Å². The monoisotopic (exact) mass is 336 g/mol. The van der Waals surface area contributed by atoms with Crippen molar-refractivity contribution in [3.8, 4) is 22.3 Å². The van der Waals surface area contributed by atoms with E-state index in [9.17, 15) is 0 Å². The largest absolute Gasteiger partial charge is 0.332 e. The summed E-state index contributed by atoms with van der Waals surface area (Å²) < 4.78 is 6.23. The average molecular weight is 337 g/mol. The molecule has 2 N–H and O–H groups in total. The highest BCUT2D eigenvalue weighted by atomic mass is 79.9. The number of hydrogen-bond acceptors (Lipinski definition) is 6. The maximum Gasteiger partial charge on any atom is 0.276 e. The molecule has 0 saturated carbocycles. The lowest BCUT2D eigenvalue weighted by Crippen LogP contribution is -1.96. The zero-order valence-electron chi connectivity index (χ0n) is 9.71. The molecule has 0 fully saturated rings. The first-order valence-corrected chi connectivity index (χ1v) is 7.17. The third-order valence-corrected chi connectivity index (χ3v) is 4.18. The first-order valence-electron chi connectivity index (χ1n) is 5.50. The Labute approximate surface area is 121 Å². The molecule has 0 aliphatic carbocycles. The number of halogens is 1. The van der Waals surface area contributed by atoms with E-state index in [1.54, 1.807) is 17.5 Å². The molecule has 0 spiro atoms. The van der Waals surface area contributed by atoms with Gasteiger partial charge in [-0.25, -0.2) is 0 Å². The summed E-state index contributed by atoms with van der Waals surface area (Å²) in [5.41, 5.74) is 7.14. The van der Waals surface area contributed by atoms with Crippen molar-refractivity contribution in [2.45, 2.75) is 6.54 Å². The Morgan fingerprint density at radius 2 is 2.26 bits per heavy atom. The first kappa shape index (κ1) is 12.5. The molecule has 0 unspecified atom stereocenters. The summed E-state index contributed by atoms with van der Waals surface area (Å²) in [6.45, 7) is 0.464. The van der Waals surface area contributed by atoms with Crippen molar-refractivity contribution < 1.29 is 4.52 Å². The van der Waals surface area contributed by atoms with Crippen LogP contribution in [-0.4, -0.2) is 15.1 Å². The fraction of sp³-hybridized carbons (Fsp3) is 0.0833. The third kappa shape index (κ3) is 2.58. The second-order valence-corrected chi connectivity index (χ2v) is 5.64. The van der Waals surface area contributed by atoms with E-state index < -0.39 is 0 Å². The molecule has 0 atom stereocenters. The Balaban J connectivity index is 1.91. The SMILES string of the molecule is NCc1ccc(-c2nc(-c3cc(Br)cs3)no2)nc1. The molecule has 3 aromatic heterocycles. The average Bonchev–Trinajstić information content (AvgIpc) is 3.07. The van der Waals surface area contributed by atoms with Gasteiger partial charge < -0.3 is 10.3 Å². The van der Waals surface area contributed by atoms with Crippen molar-refractivity contribution in [2.24, 2.45) is 5.73 Å². The summed E-state index contributed by atoms with van der Waals surface area (Å²) in [7, 11) is 0. The standard InChI is InChI=1S/C12H9BrN4OS/c13-8-3-10(19-6-8)11-16-12(18-17-11)9-2-1-7(4-14)5-15-9/h1-3,5-6H,4,14H2. The molecule has 0 aliphatic rings. The van der Waals surface area contributed by atoms with Gasteiger partial charge in [-0.05, 0) is 33.6 Å². The van der Waals surface area contributed by atoms with Crippen LogP contribution in [0.15, 0.2) is 38.8 Å². The second kappa shape index (κ2) is 5.20. The van der Waals surface area contributed by atoms with Gasteiger partial charge in [0.1, 0.15) is 5.69 Å². The molecule has 3 rings (SSSR count). The van der Waals surface area contributed by atoms with Crippen LogP contribution in [0.4, 0.5) is 0 Å². The highest BCUT2D eigenvalue weighted by Crippen LogP contribution is 2.29. The van der Waals surface area contributed by atoms with Crippen molar-refractivity contribution in [1.82, 2.24) is 15.1 Å². The summed E-state index contributed by atoms with van der Waals surface area (Å²) in [6, 6.07) is 5.67.